The Morgan fingerprint density at radius 3 is 1.16 bits per heavy atom. The molecule has 0 radical (unpaired) electrons. The fourth-order valence-corrected chi connectivity index (χ4v) is 15.1. The lowest BCUT2D eigenvalue weighted by atomic mass is 10.0. The first-order valence-electron chi connectivity index (χ1n) is 42.1. The number of benzene rings is 7. The van der Waals surface area contributed by atoms with E-state index >= 15 is 0 Å². The van der Waals surface area contributed by atoms with E-state index in [2.05, 4.69) is 88.1 Å². The van der Waals surface area contributed by atoms with Gasteiger partial charge in [-0.3, -0.25) is 28.1 Å². The molecule has 674 valence electrons. The van der Waals surface area contributed by atoms with Crippen LogP contribution in [-0.2, 0) is 27.6 Å². The third-order valence-electron chi connectivity index (χ3n) is 20.2. The Hall–Kier alpha value is -10.6. The number of carbonyl (C=O) groups excluding carboxylic acids is 3. The molecule has 6 aromatic heterocycles. The van der Waals surface area contributed by atoms with Crippen LogP contribution in [0.5, 0.6) is 40.2 Å². The highest BCUT2D eigenvalue weighted by Gasteiger charge is 2.30. The Morgan fingerprint density at radius 2 is 0.712 bits per heavy atom. The molecule has 0 aliphatic heterocycles. The number of nitrogens with zero attached hydrogens (tertiary/aromatic N) is 6. The van der Waals surface area contributed by atoms with Gasteiger partial charge in [0.05, 0.1) is 32.1 Å². The van der Waals surface area contributed by atoms with Crippen LogP contribution in [0.1, 0.15) is 245 Å². The molecule has 0 saturated heterocycles. The Morgan fingerprint density at radius 1 is 0.352 bits per heavy atom. The quantitative estimate of drug-likeness (QED) is 0.141. The third kappa shape index (κ3) is 24.8. The van der Waals surface area contributed by atoms with Gasteiger partial charge in [0.25, 0.3) is 0 Å². The van der Waals surface area contributed by atoms with Crippen molar-refractivity contribution in [2.24, 2.45) is 21.1 Å². The highest BCUT2D eigenvalue weighted by molar-refractivity contribution is 6.37. The van der Waals surface area contributed by atoms with Crippen LogP contribution in [0, 0.1) is 71.7 Å². The molecule has 0 atom stereocenters. The summed E-state index contributed by atoms with van der Waals surface area (Å²) in [5.74, 6) is 1.77. The van der Waals surface area contributed by atoms with Crippen LogP contribution in [0.25, 0.3) is 71.0 Å². The molecule has 0 fully saturated rings. The summed E-state index contributed by atoms with van der Waals surface area (Å²) in [5.41, 5.74) is 13.8. The molecule has 1 aliphatic carbocycles. The SMILES string of the molecule is CC(=O)n1c(C)cc2c(C)c(OC(C)(C)C)ccc21.CC(=O)n1c(C)cc2c(Cl)c(OC(C)(C)C)ccc21.CC(=O)n1ccc2c(F)c(OC(C)(C)C)ccc21.CC1=C(C)c2c(cc(F)c(OC(C)(C)C)c2F)C1.Cc1c(OC(C)(C)C)ccc2c1cc(C)n2C.Cc1cc2c(Cl)c(OC(C)(C)C)ccc2n1C.Cc1cc2cc(OC(C)(C)C)cc(F)c2n1C. The van der Waals surface area contributed by atoms with Crippen molar-refractivity contribution in [2.45, 2.75) is 274 Å². The molecule has 13 aromatic rings. The largest absolute Gasteiger partial charge is 0.488 e. The van der Waals surface area contributed by atoms with Crippen molar-refractivity contribution in [3.05, 3.63) is 211 Å². The van der Waals surface area contributed by atoms with Crippen LogP contribution in [0.2, 0.25) is 10.0 Å². The van der Waals surface area contributed by atoms with Gasteiger partial charge < -0.3 is 46.9 Å². The van der Waals surface area contributed by atoms with E-state index in [9.17, 15) is 31.9 Å². The molecule has 0 amide bonds. The summed E-state index contributed by atoms with van der Waals surface area (Å²) >= 11 is 12.8. The van der Waals surface area contributed by atoms with Crippen LogP contribution < -0.4 is 33.2 Å². The summed E-state index contributed by atoms with van der Waals surface area (Å²) in [7, 11) is 6.00. The van der Waals surface area contributed by atoms with E-state index in [1.807, 2.05) is 219 Å². The van der Waals surface area contributed by atoms with E-state index in [1.165, 1.54) is 51.5 Å². The summed E-state index contributed by atoms with van der Waals surface area (Å²) in [6, 6.07) is 35.6. The molecule has 6 heterocycles. The van der Waals surface area contributed by atoms with E-state index in [0.717, 1.165) is 89.1 Å². The number of carbonyl (C=O) groups is 3. The maximum Gasteiger partial charge on any atom is 0.228 e. The lowest BCUT2D eigenvalue weighted by Gasteiger charge is -2.23. The third-order valence-corrected chi connectivity index (χ3v) is 21.0. The van der Waals surface area contributed by atoms with Crippen LogP contribution >= 0.6 is 23.2 Å². The van der Waals surface area contributed by atoms with Crippen molar-refractivity contribution >= 4 is 112 Å². The monoisotopic (exact) mass is 1760 g/mol. The van der Waals surface area contributed by atoms with Crippen LogP contribution in [-0.4, -0.2) is 84.3 Å². The van der Waals surface area contributed by atoms with Gasteiger partial charge in [-0.05, 0) is 334 Å². The van der Waals surface area contributed by atoms with E-state index < -0.39 is 28.7 Å². The van der Waals surface area contributed by atoms with Gasteiger partial charge >= 0.3 is 0 Å². The molecular formula is C103H130Cl2F4N6O10. The second kappa shape index (κ2) is 37.9. The molecule has 0 unspecified atom stereocenters. The maximum absolute atomic E-state index is 14.4. The minimum atomic E-state index is -0.624. The van der Waals surface area contributed by atoms with Gasteiger partial charge in [-0.15, -0.1) is 0 Å². The molecule has 0 spiro atoms. The lowest BCUT2D eigenvalue weighted by molar-refractivity contribution is 0.0930. The zero-order valence-corrected chi connectivity index (χ0v) is 81.8. The number of rotatable bonds is 7. The van der Waals surface area contributed by atoms with Gasteiger partial charge in [-0.2, -0.15) is 0 Å². The number of hydrogen-bond donors (Lipinski definition) is 0. The van der Waals surface area contributed by atoms with Gasteiger partial charge in [0.2, 0.25) is 17.7 Å². The minimum Gasteiger partial charge on any atom is -0.488 e. The molecule has 125 heavy (non-hydrogen) atoms. The van der Waals surface area contributed by atoms with Crippen molar-refractivity contribution in [2.75, 3.05) is 0 Å². The number of halogens is 6. The highest BCUT2D eigenvalue weighted by Crippen LogP contribution is 2.43. The number of ether oxygens (including phenoxy) is 7. The first-order valence-corrected chi connectivity index (χ1v) is 42.8. The van der Waals surface area contributed by atoms with Gasteiger partial charge in [0.15, 0.2) is 34.8 Å². The smallest absolute Gasteiger partial charge is 0.228 e. The van der Waals surface area contributed by atoms with E-state index in [-0.39, 0.29) is 63.0 Å². The second-order valence-electron chi connectivity index (χ2n) is 39.2. The Bertz CT molecular complexity index is 6030. The van der Waals surface area contributed by atoms with Gasteiger partial charge in [-0.25, -0.2) is 17.6 Å². The molecular weight excluding hydrogens is 1630 g/mol. The molecule has 7 aromatic carbocycles. The molecule has 0 N–H and O–H groups in total. The van der Waals surface area contributed by atoms with Gasteiger partial charge in [0, 0.05) is 143 Å². The maximum atomic E-state index is 14.4. The summed E-state index contributed by atoms with van der Waals surface area (Å²) in [6.45, 7) is 63.6. The summed E-state index contributed by atoms with van der Waals surface area (Å²) in [4.78, 5) is 34.7. The van der Waals surface area contributed by atoms with Crippen LogP contribution in [0.3, 0.4) is 0 Å². The first-order chi connectivity index (χ1) is 57.3. The van der Waals surface area contributed by atoms with Crippen molar-refractivity contribution in [3.63, 3.8) is 0 Å². The number of aromatic nitrogens is 6. The highest BCUT2D eigenvalue weighted by atomic mass is 35.5. The molecule has 14 rings (SSSR count). The number of allylic oxidation sites excluding steroid dienone is 2. The van der Waals surface area contributed by atoms with Crippen molar-refractivity contribution < 1.29 is 65.1 Å². The summed E-state index contributed by atoms with van der Waals surface area (Å²) in [6.07, 6.45) is 2.18. The number of hydrogen-bond acceptors (Lipinski definition) is 10. The fraction of sp³-hybridized carbons (Fsp3) is 0.427. The average Bonchev–Trinajstić information content (AvgIpc) is 1.64. The Balaban J connectivity index is 0.000000181. The topological polar surface area (TPSA) is 145 Å². The molecule has 16 nitrogen and oxygen atoms in total. The molecule has 1 aliphatic rings. The normalized spacial score (nSPS) is 12.4. The van der Waals surface area contributed by atoms with Gasteiger partial charge in [0.1, 0.15) is 68.0 Å². The van der Waals surface area contributed by atoms with E-state index in [0.29, 0.717) is 55.5 Å². The molecule has 0 bridgehead atoms. The van der Waals surface area contributed by atoms with Crippen LogP contribution in [0.15, 0.2) is 127 Å². The van der Waals surface area contributed by atoms with E-state index in [1.54, 1.807) is 68.1 Å². The van der Waals surface area contributed by atoms with Crippen LogP contribution in [0.4, 0.5) is 17.6 Å². The van der Waals surface area contributed by atoms with Crippen molar-refractivity contribution in [1.29, 1.82) is 0 Å². The zero-order chi connectivity index (χ0) is 94.3. The standard InChI is InChI=1S/C16H21NO2.C15H18ClNO2.C15H18F2O.C15H21NO.C14H18ClNO.C14H16FNO2.C14H18FNO/c1-10-9-13-11(2)15(19-16(4,5)6)8-7-14(13)17(10)12(3)18;1-9-8-11-12(17(9)10(2)18)6-7-13(14(11)16)19-15(3,4)5;1-8-6-10-7-11(16)14(18-15(3,4)5)13(17)12(10)9(8)2;1-10-9-12-11(2)14(17-15(3,4)5)8-7-13(12)16(10)6;1-9-8-10-11(16(9)5)6-7-12(13(10)15)17-14(2,3)4;1-9(17)16-8-7-10-11(16)5-6-12(13(10)15)18-14(2,3)4;1-9-6-10-7-11(17-14(2,3)4)8-12(15)13(10)16(9)5/h7-9H,1-6H3;6-8H,1-5H3;7H,6H2,1-5H3;7-9H,1-6H3;6-8H,1-5H3;5-8H,1-4H3;6-8H,1-5H3. The Labute approximate surface area is 746 Å². The van der Waals surface area contributed by atoms with Crippen molar-refractivity contribution in [3.8, 4) is 40.2 Å². The average molecular weight is 1760 g/mol. The number of aryl methyl sites for hydroxylation is 10. The Kier molecular flexibility index (Phi) is 30.3. The second-order valence-corrected chi connectivity index (χ2v) is 39.9. The lowest BCUT2D eigenvalue weighted by Crippen LogP contribution is -2.24. The summed E-state index contributed by atoms with van der Waals surface area (Å²) in [5, 5.41) is 6.78. The molecule has 22 heteroatoms. The molecule has 0 saturated carbocycles. The fourth-order valence-electron chi connectivity index (χ4n) is 14.6. The first kappa shape index (κ1) is 99.8. The summed E-state index contributed by atoms with van der Waals surface area (Å²) < 4.78 is 108. The minimum absolute atomic E-state index is 0.0203. The predicted molar refractivity (Wildman–Crippen MR) is 508 cm³/mol. The zero-order valence-electron chi connectivity index (χ0n) is 80.3. The van der Waals surface area contributed by atoms with Crippen molar-refractivity contribution in [1.82, 2.24) is 27.4 Å². The predicted octanol–water partition coefficient (Wildman–Crippen LogP) is 28.7. The van der Waals surface area contributed by atoms with Gasteiger partial charge in [-0.1, -0.05) is 28.8 Å². The van der Waals surface area contributed by atoms with E-state index in [4.69, 9.17) is 56.4 Å². The number of fused-ring (bicyclic) bond motifs is 7.